The van der Waals surface area contributed by atoms with Crippen LogP contribution < -0.4 is 9.64 Å². The first-order chi connectivity index (χ1) is 18.1. The summed E-state index contributed by atoms with van der Waals surface area (Å²) in [6.07, 6.45) is 4.91. The van der Waals surface area contributed by atoms with Crippen molar-refractivity contribution in [1.29, 1.82) is 5.41 Å². The van der Waals surface area contributed by atoms with Crippen molar-refractivity contribution in [3.63, 3.8) is 0 Å². The predicted octanol–water partition coefficient (Wildman–Crippen LogP) is 6.66. The van der Waals surface area contributed by atoms with Gasteiger partial charge in [-0.05, 0) is 79.1 Å². The van der Waals surface area contributed by atoms with Gasteiger partial charge in [0.1, 0.15) is 10.8 Å². The Morgan fingerprint density at radius 1 is 1.05 bits per heavy atom. The third kappa shape index (κ3) is 4.00. The highest BCUT2D eigenvalue weighted by molar-refractivity contribution is 7.19. The van der Waals surface area contributed by atoms with E-state index in [-0.39, 0.29) is 5.56 Å². The van der Waals surface area contributed by atoms with Crippen molar-refractivity contribution in [2.24, 2.45) is 0 Å². The van der Waals surface area contributed by atoms with Gasteiger partial charge in [-0.2, -0.15) is 0 Å². The first-order valence-corrected chi connectivity index (χ1v) is 13.4. The molecule has 6 rings (SSSR count). The molecule has 0 spiro atoms. The molecular formula is C30H27N3O3S. The topological polar surface area (TPSA) is 86.5 Å². The highest BCUT2D eigenvalue weighted by Crippen LogP contribution is 2.48. The number of carboxylic acids is 1. The van der Waals surface area contributed by atoms with Gasteiger partial charge in [-0.25, -0.2) is 9.78 Å². The number of nitrogens with one attached hydrogen (secondary N) is 1. The summed E-state index contributed by atoms with van der Waals surface area (Å²) >= 11 is 1.60. The number of benzene rings is 3. The Hall–Kier alpha value is -3.97. The van der Waals surface area contributed by atoms with E-state index in [4.69, 9.17) is 15.1 Å². The van der Waals surface area contributed by atoms with E-state index in [1.165, 1.54) is 11.3 Å². The van der Waals surface area contributed by atoms with Crippen LogP contribution in [0.2, 0.25) is 0 Å². The second kappa shape index (κ2) is 9.48. The number of rotatable bonds is 6. The minimum atomic E-state index is -0.981. The number of carbonyl (C=O) groups is 1. The van der Waals surface area contributed by atoms with Crippen molar-refractivity contribution in [1.82, 2.24) is 4.98 Å². The molecule has 2 aliphatic heterocycles. The molecule has 3 aromatic carbocycles. The number of ether oxygens (including phenoxy) is 1. The molecule has 0 radical (unpaired) electrons. The average Bonchev–Trinajstić information content (AvgIpc) is 3.36. The van der Waals surface area contributed by atoms with Crippen LogP contribution in [-0.2, 0) is 12.8 Å². The minimum Gasteiger partial charge on any atom is -0.478 e. The second-order valence-corrected chi connectivity index (χ2v) is 10.5. The smallest absolute Gasteiger partial charge is 0.336 e. The van der Waals surface area contributed by atoms with Crippen LogP contribution in [0.3, 0.4) is 0 Å². The maximum Gasteiger partial charge on any atom is 0.336 e. The number of carboxylic acid groups (broad SMARTS) is 1. The standard InChI is InChI=1S/C30H27N3O3S/c1-18(29-32-24-12-4-5-13-25(24)37-29)26(20-9-2-3-10-21(20)30(34)35)23-16-19-8-6-14-33-15-7-11-22(27(19)33)28(23)36-17-31/h2-5,9-10,12-13,16-17,31H,6-8,11,14-15H2,1H3,(H,34,35)/b26-18+,31-17?. The first-order valence-electron chi connectivity index (χ1n) is 12.6. The number of aromatic nitrogens is 1. The number of para-hydroxylation sites is 1. The lowest BCUT2D eigenvalue weighted by molar-refractivity contribution is 0.0696. The lowest BCUT2D eigenvalue weighted by Crippen LogP contribution is -2.35. The molecule has 7 heteroatoms. The van der Waals surface area contributed by atoms with Gasteiger partial charge in [-0.3, -0.25) is 5.41 Å². The van der Waals surface area contributed by atoms with Crippen molar-refractivity contribution in [2.45, 2.75) is 32.6 Å². The zero-order chi connectivity index (χ0) is 25.5. The number of hydrogen-bond acceptors (Lipinski definition) is 6. The number of thiazole rings is 1. The van der Waals surface area contributed by atoms with E-state index in [1.54, 1.807) is 23.5 Å². The molecule has 2 N–H and O–H groups in total. The Bertz CT molecular complexity index is 1550. The molecule has 0 fully saturated rings. The van der Waals surface area contributed by atoms with Crippen molar-refractivity contribution in [3.8, 4) is 5.75 Å². The number of fused-ring (bicyclic) bond motifs is 1. The lowest BCUT2D eigenvalue weighted by Gasteiger charge is -2.38. The summed E-state index contributed by atoms with van der Waals surface area (Å²) in [5.74, 6) is -0.332. The molecule has 0 saturated heterocycles. The van der Waals surface area contributed by atoms with E-state index in [2.05, 4.69) is 17.0 Å². The zero-order valence-corrected chi connectivity index (χ0v) is 21.4. The Labute approximate surface area is 219 Å². The van der Waals surface area contributed by atoms with Crippen LogP contribution in [0.4, 0.5) is 5.69 Å². The molecule has 0 bridgehead atoms. The van der Waals surface area contributed by atoms with Crippen LogP contribution in [-0.4, -0.2) is 35.5 Å². The van der Waals surface area contributed by atoms with Gasteiger partial charge in [0.2, 0.25) is 0 Å². The summed E-state index contributed by atoms with van der Waals surface area (Å²) in [6, 6.07) is 17.3. The predicted molar refractivity (Wildman–Crippen MR) is 149 cm³/mol. The summed E-state index contributed by atoms with van der Waals surface area (Å²) in [5.41, 5.74) is 7.88. The maximum absolute atomic E-state index is 12.4. The summed E-state index contributed by atoms with van der Waals surface area (Å²) < 4.78 is 7.05. The first kappa shape index (κ1) is 23.4. The third-order valence-corrected chi connectivity index (χ3v) is 8.49. The Morgan fingerprint density at radius 3 is 2.54 bits per heavy atom. The number of nitrogens with zero attached hydrogens (tertiary/aromatic N) is 2. The van der Waals surface area contributed by atoms with Crippen LogP contribution in [0.15, 0.2) is 54.6 Å². The molecule has 2 aliphatic rings. The van der Waals surface area contributed by atoms with Gasteiger partial charge in [0.15, 0.2) is 6.40 Å². The highest BCUT2D eigenvalue weighted by Gasteiger charge is 2.31. The normalized spacial score (nSPS) is 15.2. The van der Waals surface area contributed by atoms with Crippen molar-refractivity contribution < 1.29 is 14.6 Å². The van der Waals surface area contributed by atoms with Crippen LogP contribution in [0, 0.1) is 5.41 Å². The fraction of sp³-hybridized carbons (Fsp3) is 0.233. The molecule has 3 heterocycles. The molecule has 4 aromatic rings. The maximum atomic E-state index is 12.4. The van der Waals surface area contributed by atoms with Gasteiger partial charge < -0.3 is 14.7 Å². The minimum absolute atomic E-state index is 0.228. The molecule has 6 nitrogen and oxygen atoms in total. The SMILES string of the molecule is C/C(=C(/c1ccccc1C(=O)O)c1cc2c3c(c1OC=N)CCCN3CCC2)c1nc2ccccc2s1. The molecule has 0 unspecified atom stereocenters. The number of aromatic carboxylic acids is 1. The highest BCUT2D eigenvalue weighted by atomic mass is 32.1. The second-order valence-electron chi connectivity index (χ2n) is 9.51. The third-order valence-electron chi connectivity index (χ3n) is 7.34. The van der Waals surface area contributed by atoms with E-state index < -0.39 is 5.97 Å². The average molecular weight is 510 g/mol. The van der Waals surface area contributed by atoms with Crippen LogP contribution in [0.1, 0.15) is 57.4 Å². The molecule has 1 aromatic heterocycles. The molecule has 37 heavy (non-hydrogen) atoms. The Kier molecular flexibility index (Phi) is 6.00. The zero-order valence-electron chi connectivity index (χ0n) is 20.6. The summed E-state index contributed by atoms with van der Waals surface area (Å²) in [6.45, 7) is 4.06. The monoisotopic (exact) mass is 509 g/mol. The number of aryl methyl sites for hydroxylation is 1. The number of anilines is 1. The van der Waals surface area contributed by atoms with Gasteiger partial charge >= 0.3 is 5.97 Å². The number of hydrogen-bond donors (Lipinski definition) is 2. The van der Waals surface area contributed by atoms with E-state index in [1.807, 2.05) is 37.3 Å². The van der Waals surface area contributed by atoms with Gasteiger partial charge in [0.05, 0.1) is 15.8 Å². The number of allylic oxidation sites excluding steroid dienone is 1. The molecule has 0 amide bonds. The van der Waals surface area contributed by atoms with E-state index in [0.29, 0.717) is 11.3 Å². The molecular weight excluding hydrogens is 482 g/mol. The quantitative estimate of drug-likeness (QED) is 0.224. The fourth-order valence-corrected chi connectivity index (χ4v) is 6.76. The lowest BCUT2D eigenvalue weighted by atomic mass is 9.83. The molecule has 0 aliphatic carbocycles. The van der Waals surface area contributed by atoms with E-state index in [0.717, 1.165) is 82.7 Å². The van der Waals surface area contributed by atoms with Crippen molar-refractivity contribution in [3.05, 3.63) is 87.4 Å². The molecule has 0 saturated carbocycles. The fourth-order valence-electron chi connectivity index (χ4n) is 5.79. The van der Waals surface area contributed by atoms with Gasteiger partial charge in [-0.15, -0.1) is 11.3 Å². The van der Waals surface area contributed by atoms with Gasteiger partial charge in [0, 0.05) is 29.9 Å². The van der Waals surface area contributed by atoms with Crippen molar-refractivity contribution >= 4 is 50.8 Å². The van der Waals surface area contributed by atoms with Crippen LogP contribution in [0.25, 0.3) is 21.4 Å². The summed E-state index contributed by atoms with van der Waals surface area (Å²) in [5, 5.41) is 18.8. The van der Waals surface area contributed by atoms with Crippen molar-refractivity contribution in [2.75, 3.05) is 18.0 Å². The summed E-state index contributed by atoms with van der Waals surface area (Å²) in [7, 11) is 0. The van der Waals surface area contributed by atoms with Crippen LogP contribution in [0.5, 0.6) is 5.75 Å². The van der Waals surface area contributed by atoms with E-state index in [9.17, 15) is 9.90 Å². The molecule has 186 valence electrons. The largest absolute Gasteiger partial charge is 0.478 e. The summed E-state index contributed by atoms with van der Waals surface area (Å²) in [4.78, 5) is 19.7. The van der Waals surface area contributed by atoms with Crippen LogP contribution >= 0.6 is 11.3 Å². The Balaban J connectivity index is 1.70. The van der Waals surface area contributed by atoms with Gasteiger partial charge in [0.25, 0.3) is 0 Å². The van der Waals surface area contributed by atoms with E-state index >= 15 is 0 Å². The molecule has 0 atom stereocenters. The van der Waals surface area contributed by atoms with Gasteiger partial charge in [-0.1, -0.05) is 30.3 Å². The Morgan fingerprint density at radius 2 is 1.78 bits per heavy atom.